The highest BCUT2D eigenvalue weighted by Crippen LogP contribution is 2.37. The first-order chi connectivity index (χ1) is 20.4. The summed E-state index contributed by atoms with van der Waals surface area (Å²) >= 11 is 0. The van der Waals surface area contributed by atoms with E-state index in [-0.39, 0.29) is 22.3 Å². The first-order valence-electron chi connectivity index (χ1n) is 13.4. The van der Waals surface area contributed by atoms with Crippen molar-refractivity contribution in [1.82, 2.24) is 0 Å². The molecule has 0 N–H and O–H groups in total. The second kappa shape index (κ2) is 9.78. The van der Waals surface area contributed by atoms with Gasteiger partial charge in [0, 0.05) is 5.92 Å². The maximum absolute atomic E-state index is 12.3. The fourth-order valence-electron chi connectivity index (χ4n) is 5.61. The number of fused-ring (bicyclic) bond motifs is 2. The fraction of sp³-hybridized carbons (Fsp3) is 0.0556. The van der Waals surface area contributed by atoms with E-state index in [4.69, 9.17) is 9.47 Å². The van der Waals surface area contributed by atoms with E-state index in [1.165, 1.54) is 5.56 Å². The SMILES string of the molecule is Cc1ccc(-c2ccc(-c3ccc(C(c4ccc5c(c4)C(=O)OC5=O)c4ccc5c(c4)C(=O)OC5=O)cc3)cc2)cc1. The fourth-order valence-corrected chi connectivity index (χ4v) is 5.61. The van der Waals surface area contributed by atoms with Gasteiger partial charge in [-0.2, -0.15) is 0 Å². The number of rotatable bonds is 5. The van der Waals surface area contributed by atoms with Crippen molar-refractivity contribution in [3.63, 3.8) is 0 Å². The summed E-state index contributed by atoms with van der Waals surface area (Å²) in [6.45, 7) is 2.07. The molecule has 0 aliphatic carbocycles. The summed E-state index contributed by atoms with van der Waals surface area (Å²) in [4.78, 5) is 48.8. The van der Waals surface area contributed by atoms with Gasteiger partial charge in [-0.25, -0.2) is 19.2 Å². The van der Waals surface area contributed by atoms with Crippen molar-refractivity contribution >= 4 is 23.9 Å². The van der Waals surface area contributed by atoms with E-state index in [0.29, 0.717) is 0 Å². The smallest absolute Gasteiger partial charge is 0.346 e. The predicted octanol–water partition coefficient (Wildman–Crippen LogP) is 7.13. The van der Waals surface area contributed by atoms with Crippen LogP contribution in [0.5, 0.6) is 0 Å². The highest BCUT2D eigenvalue weighted by molar-refractivity contribution is 6.15. The molecule has 5 aromatic carbocycles. The molecule has 0 radical (unpaired) electrons. The molecule has 6 heteroatoms. The quantitative estimate of drug-likeness (QED) is 0.131. The lowest BCUT2D eigenvalue weighted by Crippen LogP contribution is -2.07. The first-order valence-corrected chi connectivity index (χ1v) is 13.4. The highest BCUT2D eigenvalue weighted by atomic mass is 16.6. The summed E-state index contributed by atoms with van der Waals surface area (Å²) < 4.78 is 9.59. The molecule has 42 heavy (non-hydrogen) atoms. The Morgan fingerprint density at radius 1 is 0.405 bits per heavy atom. The Hall–Kier alpha value is -5.62. The summed E-state index contributed by atoms with van der Waals surface area (Å²) in [5.74, 6) is -3.14. The third-order valence-corrected chi connectivity index (χ3v) is 7.85. The van der Waals surface area contributed by atoms with Crippen molar-refractivity contribution < 1.29 is 28.7 Å². The van der Waals surface area contributed by atoms with Gasteiger partial charge in [0.25, 0.3) is 0 Å². The first kappa shape index (κ1) is 25.4. The van der Waals surface area contributed by atoms with Crippen molar-refractivity contribution in [2.75, 3.05) is 0 Å². The minimum Gasteiger partial charge on any atom is -0.386 e. The molecule has 6 nitrogen and oxygen atoms in total. The molecule has 0 saturated heterocycles. The number of carbonyl (C=O) groups excluding carboxylic acids is 4. The molecule has 2 aliphatic heterocycles. The molecule has 2 aliphatic rings. The zero-order valence-electron chi connectivity index (χ0n) is 22.4. The summed E-state index contributed by atoms with van der Waals surface area (Å²) in [6.07, 6.45) is 0. The monoisotopic (exact) mass is 550 g/mol. The van der Waals surface area contributed by atoms with Gasteiger partial charge >= 0.3 is 23.9 Å². The second-order valence-corrected chi connectivity index (χ2v) is 10.5. The number of cyclic esters (lactones) is 4. The maximum Gasteiger partial charge on any atom is 0.346 e. The maximum atomic E-state index is 12.3. The lowest BCUT2D eigenvalue weighted by Gasteiger charge is -2.20. The average molecular weight is 551 g/mol. The van der Waals surface area contributed by atoms with E-state index in [1.54, 1.807) is 36.4 Å². The number of hydrogen-bond donors (Lipinski definition) is 0. The van der Waals surface area contributed by atoms with Gasteiger partial charge in [-0.15, -0.1) is 0 Å². The van der Waals surface area contributed by atoms with Crippen molar-refractivity contribution in [2.45, 2.75) is 12.8 Å². The summed E-state index contributed by atoms with van der Waals surface area (Å²) in [6, 6.07) is 34.9. The molecule has 0 saturated carbocycles. The molecule has 0 fully saturated rings. The van der Waals surface area contributed by atoms with E-state index in [2.05, 4.69) is 55.5 Å². The van der Waals surface area contributed by atoms with Crippen molar-refractivity contribution in [3.8, 4) is 22.3 Å². The van der Waals surface area contributed by atoms with Gasteiger partial charge in [0.05, 0.1) is 22.3 Å². The van der Waals surface area contributed by atoms with Gasteiger partial charge in [-0.1, -0.05) is 90.5 Å². The van der Waals surface area contributed by atoms with Crippen LogP contribution in [-0.2, 0) is 9.47 Å². The number of aryl methyl sites for hydroxylation is 1. The standard InChI is InChI=1S/C36H22O6/c1-20-2-4-21(5-3-20)22-6-8-23(9-7-22)24-10-12-25(13-11-24)32(26-14-16-28-30(18-26)35(39)41-33(28)37)27-15-17-29-31(19-27)36(40)42-34(29)38/h2-19,32H,1H3. The van der Waals surface area contributed by atoms with Crippen LogP contribution in [0.25, 0.3) is 22.3 Å². The number of benzene rings is 5. The number of ether oxygens (including phenoxy) is 2. The van der Waals surface area contributed by atoms with Gasteiger partial charge in [0.15, 0.2) is 0 Å². The van der Waals surface area contributed by atoms with Crippen LogP contribution in [0.1, 0.15) is 69.6 Å². The Balaban J connectivity index is 1.27. The van der Waals surface area contributed by atoms with E-state index < -0.39 is 29.8 Å². The van der Waals surface area contributed by atoms with E-state index in [9.17, 15) is 19.2 Å². The molecule has 0 aromatic heterocycles. The van der Waals surface area contributed by atoms with Gasteiger partial charge in [0.1, 0.15) is 0 Å². The van der Waals surface area contributed by atoms with Crippen LogP contribution in [-0.4, -0.2) is 23.9 Å². The number of carbonyl (C=O) groups is 4. The van der Waals surface area contributed by atoms with Gasteiger partial charge < -0.3 is 9.47 Å². The highest BCUT2D eigenvalue weighted by Gasteiger charge is 2.33. The molecular weight excluding hydrogens is 528 g/mol. The second-order valence-electron chi connectivity index (χ2n) is 10.5. The molecule has 0 unspecified atom stereocenters. The number of hydrogen-bond acceptors (Lipinski definition) is 6. The molecule has 0 amide bonds. The van der Waals surface area contributed by atoms with E-state index in [0.717, 1.165) is 38.9 Å². The van der Waals surface area contributed by atoms with Crippen LogP contribution >= 0.6 is 0 Å². The Kier molecular flexibility index (Phi) is 5.91. The van der Waals surface area contributed by atoms with Crippen LogP contribution < -0.4 is 0 Å². The predicted molar refractivity (Wildman–Crippen MR) is 155 cm³/mol. The minimum absolute atomic E-state index is 0.198. The molecule has 0 spiro atoms. The lowest BCUT2D eigenvalue weighted by atomic mass is 9.82. The average Bonchev–Trinajstić information content (AvgIpc) is 3.46. The van der Waals surface area contributed by atoms with Crippen LogP contribution in [0.2, 0.25) is 0 Å². The topological polar surface area (TPSA) is 86.7 Å². The minimum atomic E-state index is -0.692. The van der Waals surface area contributed by atoms with Crippen molar-refractivity contribution in [2.24, 2.45) is 0 Å². The zero-order valence-corrected chi connectivity index (χ0v) is 22.4. The van der Waals surface area contributed by atoms with Crippen LogP contribution in [0, 0.1) is 6.92 Å². The van der Waals surface area contributed by atoms with E-state index >= 15 is 0 Å². The zero-order chi connectivity index (χ0) is 29.0. The van der Waals surface area contributed by atoms with Crippen molar-refractivity contribution in [3.05, 3.63) is 154 Å². The molecular formula is C36H22O6. The Bertz CT molecular complexity index is 1860. The third-order valence-electron chi connectivity index (χ3n) is 7.85. The normalized spacial score (nSPS) is 13.7. The van der Waals surface area contributed by atoms with E-state index in [1.807, 2.05) is 24.3 Å². The van der Waals surface area contributed by atoms with Gasteiger partial charge in [0.2, 0.25) is 0 Å². The Morgan fingerprint density at radius 3 is 1.17 bits per heavy atom. The molecule has 0 atom stereocenters. The summed E-state index contributed by atoms with van der Waals surface area (Å²) in [5.41, 5.74) is 8.79. The summed E-state index contributed by atoms with van der Waals surface area (Å²) in [5, 5.41) is 0. The molecule has 2 heterocycles. The van der Waals surface area contributed by atoms with Crippen molar-refractivity contribution in [1.29, 1.82) is 0 Å². The Labute approximate surface area is 241 Å². The molecule has 7 rings (SSSR count). The molecule has 202 valence electrons. The van der Waals surface area contributed by atoms with Crippen LogP contribution in [0.3, 0.4) is 0 Å². The Morgan fingerprint density at radius 2 is 0.738 bits per heavy atom. The van der Waals surface area contributed by atoms with Crippen LogP contribution in [0.15, 0.2) is 109 Å². The summed E-state index contributed by atoms with van der Waals surface area (Å²) in [7, 11) is 0. The third kappa shape index (κ3) is 4.30. The van der Waals surface area contributed by atoms with Gasteiger partial charge in [-0.3, -0.25) is 0 Å². The van der Waals surface area contributed by atoms with Gasteiger partial charge in [-0.05, 0) is 70.1 Å². The number of esters is 4. The molecule has 0 bridgehead atoms. The lowest BCUT2D eigenvalue weighted by molar-refractivity contribution is 0.0425. The van der Waals surface area contributed by atoms with Crippen LogP contribution in [0.4, 0.5) is 0 Å². The molecule has 5 aromatic rings. The largest absolute Gasteiger partial charge is 0.386 e.